The molecule has 1 aromatic rings. The minimum atomic E-state index is -0.739. The van der Waals surface area contributed by atoms with Crippen molar-refractivity contribution < 1.29 is 19.3 Å². The zero-order valence-electron chi connectivity index (χ0n) is 12.3. The highest BCUT2D eigenvalue weighted by atomic mass is 16.5. The van der Waals surface area contributed by atoms with E-state index in [1.54, 1.807) is 12.1 Å². The number of ether oxygens (including phenoxy) is 3. The number of nitriles is 1. The SMILES string of the molecule is CCCC(O)C(C#N)c1ccc(OC)c(OC)c1OC. The first-order valence-corrected chi connectivity index (χ1v) is 6.51. The van der Waals surface area contributed by atoms with E-state index < -0.39 is 12.0 Å². The van der Waals surface area contributed by atoms with Gasteiger partial charge in [0.05, 0.1) is 33.5 Å². The van der Waals surface area contributed by atoms with E-state index in [1.807, 2.05) is 6.92 Å². The van der Waals surface area contributed by atoms with Gasteiger partial charge in [-0.25, -0.2) is 0 Å². The number of rotatable bonds is 7. The van der Waals surface area contributed by atoms with Crippen LogP contribution in [-0.4, -0.2) is 32.5 Å². The second-order valence-corrected chi connectivity index (χ2v) is 4.39. The number of aliphatic hydroxyl groups is 1. The van der Waals surface area contributed by atoms with Crippen molar-refractivity contribution in [1.82, 2.24) is 0 Å². The molecule has 0 aliphatic rings. The predicted octanol–water partition coefficient (Wildman–Crippen LogP) is 2.48. The summed E-state index contributed by atoms with van der Waals surface area (Å²) in [4.78, 5) is 0. The van der Waals surface area contributed by atoms with Crippen LogP contribution in [0.2, 0.25) is 0 Å². The minimum absolute atomic E-state index is 0.425. The molecule has 0 aliphatic carbocycles. The van der Waals surface area contributed by atoms with Crippen LogP contribution in [0.3, 0.4) is 0 Å². The third kappa shape index (κ3) is 3.14. The second-order valence-electron chi connectivity index (χ2n) is 4.39. The zero-order valence-corrected chi connectivity index (χ0v) is 12.3. The van der Waals surface area contributed by atoms with Gasteiger partial charge < -0.3 is 19.3 Å². The van der Waals surface area contributed by atoms with Crippen LogP contribution in [0.5, 0.6) is 17.2 Å². The van der Waals surface area contributed by atoms with E-state index in [1.165, 1.54) is 21.3 Å². The third-order valence-corrected chi connectivity index (χ3v) is 3.18. The van der Waals surface area contributed by atoms with Crippen LogP contribution in [0.15, 0.2) is 12.1 Å². The Morgan fingerprint density at radius 2 is 1.80 bits per heavy atom. The molecule has 0 spiro atoms. The van der Waals surface area contributed by atoms with Gasteiger partial charge in [0.25, 0.3) is 0 Å². The Morgan fingerprint density at radius 3 is 2.25 bits per heavy atom. The Labute approximate surface area is 119 Å². The molecule has 2 atom stereocenters. The fraction of sp³-hybridized carbons (Fsp3) is 0.533. The van der Waals surface area contributed by atoms with Crippen LogP contribution in [0, 0.1) is 11.3 Å². The molecule has 2 unspecified atom stereocenters. The lowest BCUT2D eigenvalue weighted by molar-refractivity contribution is 0.149. The highest BCUT2D eigenvalue weighted by Crippen LogP contribution is 2.43. The Kier molecular flexibility index (Phi) is 6.13. The lowest BCUT2D eigenvalue weighted by Gasteiger charge is -2.21. The van der Waals surface area contributed by atoms with E-state index in [4.69, 9.17) is 14.2 Å². The monoisotopic (exact) mass is 279 g/mol. The zero-order chi connectivity index (χ0) is 15.1. The molecule has 0 radical (unpaired) electrons. The summed E-state index contributed by atoms with van der Waals surface area (Å²) >= 11 is 0. The Balaban J connectivity index is 3.33. The summed E-state index contributed by atoms with van der Waals surface area (Å²) in [5, 5.41) is 19.5. The van der Waals surface area contributed by atoms with Gasteiger partial charge in [-0.3, -0.25) is 0 Å². The maximum atomic E-state index is 10.1. The minimum Gasteiger partial charge on any atom is -0.493 e. The summed E-state index contributed by atoms with van der Waals surface area (Å²) < 4.78 is 15.9. The van der Waals surface area contributed by atoms with Gasteiger partial charge in [-0.1, -0.05) is 13.3 Å². The third-order valence-electron chi connectivity index (χ3n) is 3.18. The molecule has 1 aromatic carbocycles. The number of benzene rings is 1. The molecular weight excluding hydrogens is 258 g/mol. The first kappa shape index (κ1) is 16.1. The van der Waals surface area contributed by atoms with Crippen LogP contribution in [0.4, 0.5) is 0 Å². The van der Waals surface area contributed by atoms with Crippen molar-refractivity contribution in [2.75, 3.05) is 21.3 Å². The molecule has 20 heavy (non-hydrogen) atoms. The van der Waals surface area contributed by atoms with E-state index in [-0.39, 0.29) is 0 Å². The quantitative estimate of drug-likeness (QED) is 0.830. The van der Waals surface area contributed by atoms with Crippen LogP contribution in [0.25, 0.3) is 0 Å². The van der Waals surface area contributed by atoms with Gasteiger partial charge in [0.2, 0.25) is 5.75 Å². The van der Waals surface area contributed by atoms with E-state index in [0.29, 0.717) is 29.2 Å². The maximum absolute atomic E-state index is 10.1. The Morgan fingerprint density at radius 1 is 1.15 bits per heavy atom. The molecule has 1 rings (SSSR count). The van der Waals surface area contributed by atoms with Crippen molar-refractivity contribution in [2.24, 2.45) is 0 Å². The lowest BCUT2D eigenvalue weighted by atomic mass is 9.91. The summed E-state index contributed by atoms with van der Waals surface area (Å²) in [6.45, 7) is 1.96. The van der Waals surface area contributed by atoms with Crippen molar-refractivity contribution in [3.8, 4) is 23.3 Å². The summed E-state index contributed by atoms with van der Waals surface area (Å²) in [7, 11) is 4.54. The molecule has 0 saturated heterocycles. The number of aliphatic hydroxyl groups excluding tert-OH is 1. The van der Waals surface area contributed by atoms with Crippen molar-refractivity contribution in [3.05, 3.63) is 17.7 Å². The molecule has 0 fully saturated rings. The fourth-order valence-corrected chi connectivity index (χ4v) is 2.19. The molecule has 0 saturated carbocycles. The van der Waals surface area contributed by atoms with Gasteiger partial charge in [0, 0.05) is 5.56 Å². The summed E-state index contributed by atoms with van der Waals surface area (Å²) in [6.07, 6.45) is 0.613. The highest BCUT2D eigenvalue weighted by Gasteiger charge is 2.27. The summed E-state index contributed by atoms with van der Waals surface area (Å²) in [6, 6.07) is 5.58. The molecule has 1 N–H and O–H groups in total. The van der Waals surface area contributed by atoms with Gasteiger partial charge in [-0.15, -0.1) is 0 Å². The Bertz CT molecular complexity index is 481. The van der Waals surface area contributed by atoms with Crippen LogP contribution in [0.1, 0.15) is 31.2 Å². The number of hydrogen-bond donors (Lipinski definition) is 1. The van der Waals surface area contributed by atoms with Crippen LogP contribution >= 0.6 is 0 Å². The summed E-state index contributed by atoms with van der Waals surface area (Å²) in [5.74, 6) is 0.712. The van der Waals surface area contributed by atoms with E-state index in [0.717, 1.165) is 6.42 Å². The van der Waals surface area contributed by atoms with Gasteiger partial charge in [0.1, 0.15) is 5.92 Å². The first-order chi connectivity index (χ1) is 9.64. The molecule has 110 valence electrons. The van der Waals surface area contributed by atoms with E-state index >= 15 is 0 Å². The second kappa shape index (κ2) is 7.61. The molecule has 0 bridgehead atoms. The van der Waals surface area contributed by atoms with Crippen molar-refractivity contribution >= 4 is 0 Å². The van der Waals surface area contributed by atoms with Gasteiger partial charge >= 0.3 is 0 Å². The molecule has 0 aliphatic heterocycles. The average molecular weight is 279 g/mol. The number of methoxy groups -OCH3 is 3. The molecule has 5 heteroatoms. The van der Waals surface area contributed by atoms with Crippen molar-refractivity contribution in [2.45, 2.75) is 31.8 Å². The molecule has 0 heterocycles. The highest BCUT2D eigenvalue weighted by molar-refractivity contribution is 5.57. The summed E-state index contributed by atoms with van der Waals surface area (Å²) in [5.41, 5.74) is 0.605. The molecule has 0 amide bonds. The standard InChI is InChI=1S/C15H21NO4/c1-5-6-12(17)11(9-16)10-7-8-13(18-2)15(20-4)14(10)19-3/h7-8,11-12,17H,5-6H2,1-4H3. The molecule has 0 aromatic heterocycles. The smallest absolute Gasteiger partial charge is 0.203 e. The number of nitrogens with zero attached hydrogens (tertiary/aromatic N) is 1. The molecular formula is C15H21NO4. The topological polar surface area (TPSA) is 71.7 Å². The normalized spacial score (nSPS) is 13.2. The average Bonchev–Trinajstić information content (AvgIpc) is 2.47. The first-order valence-electron chi connectivity index (χ1n) is 6.51. The predicted molar refractivity (Wildman–Crippen MR) is 75.4 cm³/mol. The van der Waals surface area contributed by atoms with Crippen molar-refractivity contribution in [1.29, 1.82) is 5.26 Å². The van der Waals surface area contributed by atoms with Gasteiger partial charge in [-0.2, -0.15) is 5.26 Å². The van der Waals surface area contributed by atoms with Gasteiger partial charge in [0.15, 0.2) is 11.5 Å². The largest absolute Gasteiger partial charge is 0.493 e. The fourth-order valence-electron chi connectivity index (χ4n) is 2.19. The maximum Gasteiger partial charge on any atom is 0.203 e. The van der Waals surface area contributed by atoms with Gasteiger partial charge in [-0.05, 0) is 18.6 Å². The van der Waals surface area contributed by atoms with E-state index in [9.17, 15) is 10.4 Å². The Hall–Kier alpha value is -1.93. The van der Waals surface area contributed by atoms with Crippen LogP contribution in [-0.2, 0) is 0 Å². The van der Waals surface area contributed by atoms with Crippen molar-refractivity contribution in [3.63, 3.8) is 0 Å². The van der Waals surface area contributed by atoms with Crippen LogP contribution < -0.4 is 14.2 Å². The number of hydrogen-bond acceptors (Lipinski definition) is 5. The van der Waals surface area contributed by atoms with E-state index in [2.05, 4.69) is 6.07 Å². The lowest BCUT2D eigenvalue weighted by Crippen LogP contribution is -2.18. The molecule has 5 nitrogen and oxygen atoms in total.